The van der Waals surface area contributed by atoms with E-state index in [1.807, 2.05) is 0 Å². The van der Waals surface area contributed by atoms with Gasteiger partial charge in [0, 0.05) is 12.6 Å². The van der Waals surface area contributed by atoms with Crippen LogP contribution in [-0.4, -0.2) is 42.4 Å². The Morgan fingerprint density at radius 1 is 1.19 bits per heavy atom. The zero-order valence-electron chi connectivity index (χ0n) is 14.7. The summed E-state index contributed by atoms with van der Waals surface area (Å²) in [5.41, 5.74) is 11.8. The molecule has 1 amide bonds. The molecule has 1 saturated carbocycles. The molecular formula is C17H23F4N5O. The fourth-order valence-corrected chi connectivity index (χ4v) is 3.68. The lowest BCUT2D eigenvalue weighted by Gasteiger charge is -2.30. The molecule has 1 aromatic rings. The average Bonchev–Trinajstić information content (AvgIpc) is 3.03. The molecule has 1 aliphatic heterocycles. The summed E-state index contributed by atoms with van der Waals surface area (Å²) in [5.74, 6) is -1.50. The lowest BCUT2D eigenvalue weighted by atomic mass is 9.85. The molecule has 2 fully saturated rings. The van der Waals surface area contributed by atoms with E-state index in [0.717, 1.165) is 0 Å². The summed E-state index contributed by atoms with van der Waals surface area (Å²) in [7, 11) is 0. The van der Waals surface area contributed by atoms with Gasteiger partial charge in [-0.15, -0.1) is 0 Å². The van der Waals surface area contributed by atoms with E-state index in [1.54, 1.807) is 4.90 Å². The van der Waals surface area contributed by atoms with Gasteiger partial charge in [-0.05, 0) is 38.2 Å². The van der Waals surface area contributed by atoms with Crippen molar-refractivity contribution in [2.24, 2.45) is 5.92 Å². The second-order valence-corrected chi connectivity index (χ2v) is 7.23. The van der Waals surface area contributed by atoms with Crippen molar-refractivity contribution in [3.05, 3.63) is 11.6 Å². The van der Waals surface area contributed by atoms with Crippen LogP contribution in [0.1, 0.15) is 42.5 Å². The van der Waals surface area contributed by atoms with Crippen LogP contribution in [0.2, 0.25) is 0 Å². The number of halogens is 4. The fourth-order valence-electron chi connectivity index (χ4n) is 3.68. The first-order valence-electron chi connectivity index (χ1n) is 8.97. The van der Waals surface area contributed by atoms with Gasteiger partial charge in [0.15, 0.2) is 0 Å². The Bertz CT molecular complexity index is 703. The predicted octanol–water partition coefficient (Wildman–Crippen LogP) is 2.65. The summed E-state index contributed by atoms with van der Waals surface area (Å²) >= 11 is 0. The predicted molar refractivity (Wildman–Crippen MR) is 94.1 cm³/mol. The molecule has 2 heterocycles. The molecule has 5 N–H and O–H groups in total. The molecule has 0 bridgehead atoms. The van der Waals surface area contributed by atoms with Gasteiger partial charge in [0.25, 0.3) is 5.91 Å². The number of nitrogen functional groups attached to an aromatic ring is 2. The van der Waals surface area contributed by atoms with Crippen molar-refractivity contribution >= 4 is 23.2 Å². The number of rotatable bonds is 3. The Morgan fingerprint density at radius 3 is 2.41 bits per heavy atom. The van der Waals surface area contributed by atoms with Crippen molar-refractivity contribution in [1.29, 1.82) is 0 Å². The Hall–Kier alpha value is -2.26. The van der Waals surface area contributed by atoms with Crippen LogP contribution in [0.5, 0.6) is 0 Å². The number of aromatic nitrogens is 1. The highest BCUT2D eigenvalue weighted by Gasteiger charge is 2.41. The number of nitrogens with two attached hydrogens (primary N) is 2. The summed E-state index contributed by atoms with van der Waals surface area (Å²) in [6.07, 6.45) is -4.42. The van der Waals surface area contributed by atoms with Gasteiger partial charge in [-0.2, -0.15) is 13.2 Å². The van der Waals surface area contributed by atoms with E-state index >= 15 is 0 Å². The molecule has 0 aromatic carbocycles. The molecule has 1 atom stereocenters. The monoisotopic (exact) mass is 389 g/mol. The Kier molecular flexibility index (Phi) is 5.34. The number of amides is 1. The maximum absolute atomic E-state index is 13.6. The number of hydrogen-bond acceptors (Lipinski definition) is 5. The van der Waals surface area contributed by atoms with Crippen LogP contribution < -0.4 is 21.7 Å². The van der Waals surface area contributed by atoms with E-state index in [9.17, 15) is 22.4 Å². The van der Waals surface area contributed by atoms with Gasteiger partial charge in [0.1, 0.15) is 17.8 Å². The third-order valence-electron chi connectivity index (χ3n) is 5.26. The summed E-state index contributed by atoms with van der Waals surface area (Å²) in [6, 6.07) is 1.04. The Morgan fingerprint density at radius 2 is 1.85 bits per heavy atom. The maximum Gasteiger partial charge on any atom is 0.391 e. The number of hydrogen-bond donors (Lipinski definition) is 3. The van der Waals surface area contributed by atoms with Crippen molar-refractivity contribution in [1.82, 2.24) is 10.3 Å². The summed E-state index contributed by atoms with van der Waals surface area (Å²) < 4.78 is 51.9. The number of carbonyl (C=O) groups is 1. The van der Waals surface area contributed by atoms with Gasteiger partial charge in [0.2, 0.25) is 0 Å². The fraction of sp³-hybridized carbons (Fsp3) is 0.647. The van der Waals surface area contributed by atoms with Crippen LogP contribution in [0.15, 0.2) is 6.07 Å². The number of nitrogens with zero attached hydrogens (tertiary/aromatic N) is 2. The van der Waals surface area contributed by atoms with Gasteiger partial charge < -0.3 is 21.7 Å². The largest absolute Gasteiger partial charge is 0.396 e. The zero-order chi connectivity index (χ0) is 19.8. The Balaban J connectivity index is 1.72. The highest BCUT2D eigenvalue weighted by molar-refractivity contribution is 6.00. The minimum Gasteiger partial charge on any atom is -0.396 e. The van der Waals surface area contributed by atoms with E-state index in [-0.39, 0.29) is 61.2 Å². The minimum atomic E-state index is -4.20. The summed E-state index contributed by atoms with van der Waals surface area (Å²) in [5, 5.41) is 2.77. The lowest BCUT2D eigenvalue weighted by molar-refractivity contribution is -0.182. The molecule has 0 radical (unpaired) electrons. The van der Waals surface area contributed by atoms with Crippen LogP contribution in [0.4, 0.5) is 34.9 Å². The first kappa shape index (κ1) is 19.5. The van der Waals surface area contributed by atoms with E-state index in [4.69, 9.17) is 11.5 Å². The molecule has 1 saturated heterocycles. The molecule has 27 heavy (non-hydrogen) atoms. The number of alkyl halides is 4. The summed E-state index contributed by atoms with van der Waals surface area (Å²) in [6.45, 7) is 0.502. The SMILES string of the molecule is Nc1cc(C(=O)N[C@H]2CC[C@H](C(F)(F)F)CC2)c(N2CC[C@@H](F)C2)nc1N. The molecular weight excluding hydrogens is 366 g/mol. The van der Waals surface area contributed by atoms with Crippen LogP contribution in [0.3, 0.4) is 0 Å². The van der Waals surface area contributed by atoms with Gasteiger partial charge in [-0.25, -0.2) is 9.37 Å². The molecule has 1 aliphatic carbocycles. The number of nitrogens with one attached hydrogen (secondary N) is 1. The van der Waals surface area contributed by atoms with Crippen LogP contribution in [0.25, 0.3) is 0 Å². The lowest BCUT2D eigenvalue weighted by Crippen LogP contribution is -2.40. The van der Waals surface area contributed by atoms with Gasteiger partial charge in [-0.3, -0.25) is 4.79 Å². The first-order chi connectivity index (χ1) is 12.6. The van der Waals surface area contributed by atoms with Crippen molar-refractivity contribution in [2.75, 3.05) is 29.5 Å². The normalized spacial score (nSPS) is 26.2. The standard InChI is InChI=1S/C17H23F4N5O/c18-10-5-6-26(8-10)15-12(7-13(22)14(23)25-15)16(27)24-11-3-1-9(2-4-11)17(19,20)21/h7,9-11H,1-6,8,22H2,(H2,23,25)(H,24,27)/t9-,10-,11-/m1/s1. The van der Waals surface area contributed by atoms with Crippen molar-refractivity contribution in [3.63, 3.8) is 0 Å². The van der Waals surface area contributed by atoms with Crippen molar-refractivity contribution < 1.29 is 22.4 Å². The smallest absolute Gasteiger partial charge is 0.391 e. The van der Waals surface area contributed by atoms with E-state index in [2.05, 4.69) is 10.3 Å². The average molecular weight is 389 g/mol. The first-order valence-corrected chi connectivity index (χ1v) is 8.97. The maximum atomic E-state index is 13.6. The highest BCUT2D eigenvalue weighted by atomic mass is 19.4. The van der Waals surface area contributed by atoms with Crippen molar-refractivity contribution in [3.8, 4) is 0 Å². The van der Waals surface area contributed by atoms with Gasteiger partial charge in [-0.1, -0.05) is 0 Å². The molecule has 2 aliphatic rings. The number of carbonyl (C=O) groups excluding carboxylic acids is 1. The molecule has 10 heteroatoms. The second kappa shape index (κ2) is 7.40. The molecule has 6 nitrogen and oxygen atoms in total. The van der Waals surface area contributed by atoms with Gasteiger partial charge >= 0.3 is 6.18 Å². The van der Waals surface area contributed by atoms with Crippen molar-refractivity contribution in [2.45, 2.75) is 50.5 Å². The topological polar surface area (TPSA) is 97.3 Å². The molecule has 150 valence electrons. The van der Waals surface area contributed by atoms with Gasteiger partial charge in [0.05, 0.1) is 23.7 Å². The Labute approximate surface area is 154 Å². The van der Waals surface area contributed by atoms with Crippen LogP contribution in [0, 0.1) is 5.92 Å². The summed E-state index contributed by atoms with van der Waals surface area (Å²) in [4.78, 5) is 18.5. The molecule has 3 rings (SSSR count). The third kappa shape index (κ3) is 4.36. The number of anilines is 3. The van der Waals surface area contributed by atoms with E-state index < -0.39 is 24.2 Å². The quantitative estimate of drug-likeness (QED) is 0.691. The van der Waals surface area contributed by atoms with Crippen LogP contribution >= 0.6 is 0 Å². The van der Waals surface area contributed by atoms with E-state index in [0.29, 0.717) is 13.0 Å². The minimum absolute atomic E-state index is 0.0148. The third-order valence-corrected chi connectivity index (χ3v) is 5.26. The zero-order valence-corrected chi connectivity index (χ0v) is 14.7. The van der Waals surface area contributed by atoms with Crippen LogP contribution in [-0.2, 0) is 0 Å². The van der Waals surface area contributed by atoms with E-state index in [1.165, 1.54) is 6.07 Å². The molecule has 0 unspecified atom stereocenters. The highest BCUT2D eigenvalue weighted by Crippen LogP contribution is 2.37. The second-order valence-electron chi connectivity index (χ2n) is 7.23. The molecule has 0 spiro atoms. The molecule has 1 aromatic heterocycles. The number of pyridine rings is 1.